The minimum Gasteiger partial charge on any atom is -0.469 e. The maximum absolute atomic E-state index is 11.2. The van der Waals surface area contributed by atoms with Gasteiger partial charge in [-0.05, 0) is 19.4 Å². The summed E-state index contributed by atoms with van der Waals surface area (Å²) in [6, 6.07) is 0.648. The van der Waals surface area contributed by atoms with Crippen LogP contribution < -0.4 is 5.32 Å². The Hall–Kier alpha value is -0.650. The van der Waals surface area contributed by atoms with Crippen LogP contribution >= 0.6 is 0 Å². The molecule has 0 amide bonds. The molecule has 2 aliphatic heterocycles. The molecule has 3 atom stereocenters. The monoisotopic (exact) mass is 256 g/mol. The van der Waals surface area contributed by atoms with Crippen molar-refractivity contribution in [3.8, 4) is 0 Å². The quantitative estimate of drug-likeness (QED) is 0.715. The lowest BCUT2D eigenvalue weighted by atomic mass is 10.1. The summed E-state index contributed by atoms with van der Waals surface area (Å²) >= 11 is 0. The van der Waals surface area contributed by atoms with Gasteiger partial charge in [0.15, 0.2) is 0 Å². The fourth-order valence-corrected chi connectivity index (χ4v) is 2.75. The van der Waals surface area contributed by atoms with E-state index in [0.717, 1.165) is 19.7 Å². The summed E-state index contributed by atoms with van der Waals surface area (Å²) in [5, 5.41) is 3.30. The molecule has 18 heavy (non-hydrogen) atoms. The minimum atomic E-state index is -0.160. The van der Waals surface area contributed by atoms with Gasteiger partial charge in [-0.1, -0.05) is 6.92 Å². The van der Waals surface area contributed by atoms with Crippen molar-refractivity contribution in [2.24, 2.45) is 5.92 Å². The third-order valence-electron chi connectivity index (χ3n) is 3.89. The van der Waals surface area contributed by atoms with Gasteiger partial charge in [0.25, 0.3) is 0 Å². The van der Waals surface area contributed by atoms with Gasteiger partial charge in [-0.15, -0.1) is 0 Å². The lowest BCUT2D eigenvalue weighted by Crippen LogP contribution is -2.49. The van der Waals surface area contributed by atoms with E-state index < -0.39 is 0 Å². The highest BCUT2D eigenvalue weighted by Crippen LogP contribution is 2.22. The van der Waals surface area contributed by atoms with E-state index in [1.807, 2.05) is 6.92 Å². The van der Waals surface area contributed by atoms with Crippen LogP contribution in [0.15, 0.2) is 0 Å². The maximum atomic E-state index is 11.2. The van der Waals surface area contributed by atoms with E-state index in [9.17, 15) is 4.79 Å². The van der Waals surface area contributed by atoms with Crippen molar-refractivity contribution in [3.05, 3.63) is 0 Å². The maximum Gasteiger partial charge on any atom is 0.309 e. The fourth-order valence-electron chi connectivity index (χ4n) is 2.75. The third-order valence-corrected chi connectivity index (χ3v) is 3.89. The highest BCUT2D eigenvalue weighted by molar-refractivity contribution is 5.71. The first kappa shape index (κ1) is 13.8. The average molecular weight is 256 g/mol. The molecule has 0 aromatic rings. The number of nitrogens with zero attached hydrogens (tertiary/aromatic N) is 1. The number of esters is 1. The summed E-state index contributed by atoms with van der Waals surface area (Å²) in [7, 11) is 1.43. The number of hydrogen-bond acceptors (Lipinski definition) is 5. The Kier molecular flexibility index (Phi) is 4.97. The zero-order valence-electron chi connectivity index (χ0n) is 11.4. The predicted molar refractivity (Wildman–Crippen MR) is 68.4 cm³/mol. The number of fused-ring (bicyclic) bond motifs is 1. The molecule has 2 saturated heterocycles. The van der Waals surface area contributed by atoms with Gasteiger partial charge >= 0.3 is 5.97 Å². The molecule has 104 valence electrons. The van der Waals surface area contributed by atoms with Crippen LogP contribution in [0.1, 0.15) is 19.8 Å². The molecule has 0 aromatic heterocycles. The van der Waals surface area contributed by atoms with Crippen LogP contribution in [0.4, 0.5) is 0 Å². The Bertz CT molecular complexity index is 285. The number of hydrogen-bond donors (Lipinski definition) is 1. The molecule has 0 bridgehead atoms. The molecule has 5 nitrogen and oxygen atoms in total. The second-order valence-electron chi connectivity index (χ2n) is 5.33. The third kappa shape index (κ3) is 3.43. The first-order valence-corrected chi connectivity index (χ1v) is 6.85. The second kappa shape index (κ2) is 6.50. The topological polar surface area (TPSA) is 50.8 Å². The van der Waals surface area contributed by atoms with E-state index in [1.165, 1.54) is 26.5 Å². The highest BCUT2D eigenvalue weighted by atomic mass is 16.5. The van der Waals surface area contributed by atoms with Crippen molar-refractivity contribution in [1.82, 2.24) is 10.2 Å². The van der Waals surface area contributed by atoms with Gasteiger partial charge in [-0.3, -0.25) is 9.69 Å². The number of methoxy groups -OCH3 is 1. The van der Waals surface area contributed by atoms with Gasteiger partial charge < -0.3 is 14.8 Å². The van der Waals surface area contributed by atoms with Gasteiger partial charge in [0.1, 0.15) is 0 Å². The summed E-state index contributed by atoms with van der Waals surface area (Å²) in [5.41, 5.74) is 0. The van der Waals surface area contributed by atoms with Crippen molar-refractivity contribution >= 4 is 5.97 Å². The molecule has 3 unspecified atom stereocenters. The molecular weight excluding hydrogens is 232 g/mol. The smallest absolute Gasteiger partial charge is 0.309 e. The van der Waals surface area contributed by atoms with Crippen LogP contribution in [-0.2, 0) is 14.3 Å². The molecule has 2 aliphatic rings. The molecule has 2 heterocycles. The molecule has 0 aromatic carbocycles. The number of carbonyl (C=O) groups is 1. The summed E-state index contributed by atoms with van der Waals surface area (Å²) < 4.78 is 10.5. The van der Waals surface area contributed by atoms with E-state index >= 15 is 0 Å². The second-order valence-corrected chi connectivity index (χ2v) is 5.33. The molecule has 0 radical (unpaired) electrons. The molecule has 2 rings (SSSR count). The molecular formula is C13H24N2O3. The zero-order valence-corrected chi connectivity index (χ0v) is 11.4. The predicted octanol–water partition coefficient (Wildman–Crippen LogP) is 0.248. The molecule has 2 fully saturated rings. The summed E-state index contributed by atoms with van der Waals surface area (Å²) in [6.07, 6.45) is 2.83. The van der Waals surface area contributed by atoms with Crippen LogP contribution in [0.3, 0.4) is 0 Å². The number of morpholine rings is 1. The lowest BCUT2D eigenvalue weighted by Gasteiger charge is -2.35. The summed E-state index contributed by atoms with van der Waals surface area (Å²) in [6.45, 7) is 6.42. The number of carbonyl (C=O) groups excluding carboxylic acids is 1. The highest BCUT2D eigenvalue weighted by Gasteiger charge is 2.31. The first-order valence-electron chi connectivity index (χ1n) is 6.85. The van der Waals surface area contributed by atoms with Crippen molar-refractivity contribution in [1.29, 1.82) is 0 Å². The van der Waals surface area contributed by atoms with E-state index in [4.69, 9.17) is 9.47 Å². The molecule has 5 heteroatoms. The van der Waals surface area contributed by atoms with Crippen LogP contribution in [-0.4, -0.2) is 62.9 Å². The Morgan fingerprint density at radius 2 is 2.44 bits per heavy atom. The first-order chi connectivity index (χ1) is 8.70. The molecule has 1 N–H and O–H groups in total. The lowest BCUT2D eigenvalue weighted by molar-refractivity contribution is -0.144. The summed E-state index contributed by atoms with van der Waals surface area (Å²) in [4.78, 5) is 13.8. The van der Waals surface area contributed by atoms with Gasteiger partial charge in [0.2, 0.25) is 0 Å². The van der Waals surface area contributed by atoms with E-state index in [0.29, 0.717) is 12.6 Å². The van der Waals surface area contributed by atoms with Crippen molar-refractivity contribution in [2.45, 2.75) is 31.9 Å². The number of rotatable bonds is 5. The van der Waals surface area contributed by atoms with Gasteiger partial charge in [-0.25, -0.2) is 0 Å². The Labute approximate surface area is 109 Å². The van der Waals surface area contributed by atoms with E-state index in [2.05, 4.69) is 10.2 Å². The summed E-state index contributed by atoms with van der Waals surface area (Å²) in [5.74, 6) is -0.259. The average Bonchev–Trinajstić information content (AvgIpc) is 2.85. The normalized spacial score (nSPS) is 29.9. The Balaban J connectivity index is 1.64. The number of ether oxygens (including phenoxy) is 2. The van der Waals surface area contributed by atoms with Gasteiger partial charge in [0, 0.05) is 25.7 Å². The molecule has 0 spiro atoms. The van der Waals surface area contributed by atoms with Crippen LogP contribution in [0.25, 0.3) is 0 Å². The van der Waals surface area contributed by atoms with Gasteiger partial charge in [-0.2, -0.15) is 0 Å². The molecule has 0 saturated carbocycles. The SMILES string of the molecule is COC(=O)C(C)CNCC1CN2CCCC2CO1. The van der Waals surface area contributed by atoms with Crippen LogP contribution in [0.5, 0.6) is 0 Å². The van der Waals surface area contributed by atoms with E-state index in [1.54, 1.807) is 0 Å². The largest absolute Gasteiger partial charge is 0.469 e. The zero-order chi connectivity index (χ0) is 13.0. The minimum absolute atomic E-state index is 0.0990. The van der Waals surface area contributed by atoms with Crippen molar-refractivity contribution < 1.29 is 14.3 Å². The Morgan fingerprint density at radius 1 is 1.61 bits per heavy atom. The van der Waals surface area contributed by atoms with E-state index in [-0.39, 0.29) is 18.0 Å². The Morgan fingerprint density at radius 3 is 3.22 bits per heavy atom. The molecule has 0 aliphatic carbocycles. The van der Waals surface area contributed by atoms with Crippen molar-refractivity contribution in [2.75, 3.05) is 39.9 Å². The van der Waals surface area contributed by atoms with Gasteiger partial charge in [0.05, 0.1) is 25.7 Å². The van der Waals surface area contributed by atoms with Crippen LogP contribution in [0, 0.1) is 5.92 Å². The van der Waals surface area contributed by atoms with Crippen LogP contribution in [0.2, 0.25) is 0 Å². The van der Waals surface area contributed by atoms with Crippen molar-refractivity contribution in [3.63, 3.8) is 0 Å². The number of nitrogens with one attached hydrogen (secondary N) is 1. The fraction of sp³-hybridized carbons (Fsp3) is 0.923. The standard InChI is InChI=1S/C13H24N2O3/c1-10(13(16)17-2)6-14-7-12-8-15-5-3-4-11(15)9-18-12/h10-12,14H,3-9H2,1-2H3.